The predicted octanol–water partition coefficient (Wildman–Crippen LogP) is 19.8. The summed E-state index contributed by atoms with van der Waals surface area (Å²) >= 11 is 0. The van der Waals surface area contributed by atoms with Crippen molar-refractivity contribution in [2.45, 2.75) is 360 Å². The first-order valence-corrected chi connectivity index (χ1v) is 31.6. The third kappa shape index (κ3) is 55.7. The van der Waals surface area contributed by atoms with Crippen LogP contribution in [0.5, 0.6) is 0 Å². The molecule has 0 saturated carbocycles. The van der Waals surface area contributed by atoms with Crippen molar-refractivity contribution in [1.82, 2.24) is 5.32 Å². The number of rotatable bonds is 59. The minimum atomic E-state index is -0.670. The average Bonchev–Trinajstić information content (AvgIpc) is 3.36. The second-order valence-corrected chi connectivity index (χ2v) is 21.7. The standard InChI is InChI=1S/C64H123NO5/c1-3-5-7-9-11-13-15-17-19-21-26-30-34-38-42-46-50-54-58-64(69)70-59-55-51-47-43-39-35-31-27-24-22-23-25-29-33-37-41-45-49-53-57-63(68)65-61(60-66)62(67)56-52-48-44-40-36-32-28-20-18-16-14-12-10-8-6-4-2/h19,21-23,61-62,66-67H,3-18,20,24-60H2,1-2H3,(H,65,68)/b21-19-,23-22-. The van der Waals surface area contributed by atoms with Crippen LogP contribution in [0.3, 0.4) is 0 Å². The van der Waals surface area contributed by atoms with E-state index in [4.69, 9.17) is 4.74 Å². The fourth-order valence-corrected chi connectivity index (χ4v) is 9.87. The Kier molecular flexibility index (Phi) is 58.5. The van der Waals surface area contributed by atoms with Gasteiger partial charge in [-0.25, -0.2) is 0 Å². The van der Waals surface area contributed by atoms with Crippen LogP contribution in [0.4, 0.5) is 0 Å². The molecule has 3 N–H and O–H groups in total. The van der Waals surface area contributed by atoms with E-state index in [2.05, 4.69) is 43.5 Å². The summed E-state index contributed by atoms with van der Waals surface area (Å²) in [5.74, 6) is -0.0409. The summed E-state index contributed by atoms with van der Waals surface area (Å²) in [6.07, 6.45) is 73.3. The van der Waals surface area contributed by atoms with E-state index >= 15 is 0 Å². The van der Waals surface area contributed by atoms with Crippen LogP contribution in [-0.2, 0) is 14.3 Å². The number of ether oxygens (including phenoxy) is 1. The zero-order valence-corrected chi connectivity index (χ0v) is 47.3. The highest BCUT2D eigenvalue weighted by atomic mass is 16.5. The van der Waals surface area contributed by atoms with Crippen molar-refractivity contribution in [1.29, 1.82) is 0 Å². The monoisotopic (exact) mass is 986 g/mol. The van der Waals surface area contributed by atoms with E-state index in [0.717, 1.165) is 44.9 Å². The predicted molar refractivity (Wildman–Crippen MR) is 306 cm³/mol. The van der Waals surface area contributed by atoms with Crippen molar-refractivity contribution in [3.05, 3.63) is 24.3 Å². The van der Waals surface area contributed by atoms with E-state index < -0.39 is 12.1 Å². The molecular formula is C64H123NO5. The summed E-state index contributed by atoms with van der Waals surface area (Å²) in [4.78, 5) is 24.6. The van der Waals surface area contributed by atoms with E-state index in [-0.39, 0.29) is 18.5 Å². The lowest BCUT2D eigenvalue weighted by Crippen LogP contribution is -2.45. The molecule has 6 heteroatoms. The molecule has 1 amide bonds. The summed E-state index contributed by atoms with van der Waals surface area (Å²) in [5.41, 5.74) is 0. The molecule has 0 fully saturated rings. The van der Waals surface area contributed by atoms with Gasteiger partial charge in [-0.2, -0.15) is 0 Å². The molecule has 0 heterocycles. The number of hydrogen-bond donors (Lipinski definition) is 3. The van der Waals surface area contributed by atoms with Crippen molar-refractivity contribution < 1.29 is 24.5 Å². The molecule has 414 valence electrons. The lowest BCUT2D eigenvalue weighted by Gasteiger charge is -2.22. The van der Waals surface area contributed by atoms with E-state index in [9.17, 15) is 19.8 Å². The third-order valence-corrected chi connectivity index (χ3v) is 14.7. The fourth-order valence-electron chi connectivity index (χ4n) is 9.87. The summed E-state index contributed by atoms with van der Waals surface area (Å²) in [6.45, 7) is 4.96. The maximum Gasteiger partial charge on any atom is 0.305 e. The normalized spacial score (nSPS) is 12.7. The minimum Gasteiger partial charge on any atom is -0.466 e. The van der Waals surface area contributed by atoms with E-state index in [1.165, 1.54) is 270 Å². The number of aliphatic hydroxyl groups is 2. The van der Waals surface area contributed by atoms with Crippen molar-refractivity contribution in [3.8, 4) is 0 Å². The fraction of sp³-hybridized carbons (Fsp3) is 0.906. The summed E-state index contributed by atoms with van der Waals surface area (Å²) in [6, 6.07) is -0.549. The number of aliphatic hydroxyl groups excluding tert-OH is 2. The molecule has 2 unspecified atom stereocenters. The Morgan fingerprint density at radius 2 is 0.671 bits per heavy atom. The van der Waals surface area contributed by atoms with Gasteiger partial charge in [0.1, 0.15) is 0 Å². The number of nitrogens with one attached hydrogen (secondary N) is 1. The van der Waals surface area contributed by atoms with E-state index in [0.29, 0.717) is 25.9 Å². The zero-order valence-electron chi connectivity index (χ0n) is 47.3. The summed E-state index contributed by atoms with van der Waals surface area (Å²) < 4.78 is 5.49. The largest absolute Gasteiger partial charge is 0.466 e. The van der Waals surface area contributed by atoms with E-state index in [1.807, 2.05) is 0 Å². The van der Waals surface area contributed by atoms with Gasteiger partial charge in [-0.15, -0.1) is 0 Å². The van der Waals surface area contributed by atoms with Gasteiger partial charge in [0.05, 0.1) is 25.4 Å². The van der Waals surface area contributed by atoms with Crippen LogP contribution in [0.25, 0.3) is 0 Å². The molecule has 0 aromatic carbocycles. The number of allylic oxidation sites excluding steroid dienone is 4. The molecule has 0 radical (unpaired) electrons. The van der Waals surface area contributed by atoms with Gasteiger partial charge in [-0.3, -0.25) is 9.59 Å². The highest BCUT2D eigenvalue weighted by Gasteiger charge is 2.20. The Hall–Kier alpha value is -1.66. The lowest BCUT2D eigenvalue weighted by molar-refractivity contribution is -0.143. The van der Waals surface area contributed by atoms with Crippen LogP contribution in [-0.4, -0.2) is 47.4 Å². The molecule has 0 aromatic rings. The molecular weight excluding hydrogens is 863 g/mol. The van der Waals surface area contributed by atoms with Crippen molar-refractivity contribution in [2.24, 2.45) is 0 Å². The van der Waals surface area contributed by atoms with Crippen molar-refractivity contribution in [2.75, 3.05) is 13.2 Å². The summed E-state index contributed by atoms with van der Waals surface area (Å²) in [7, 11) is 0. The average molecular weight is 987 g/mol. The zero-order chi connectivity index (χ0) is 50.7. The van der Waals surface area contributed by atoms with Gasteiger partial charge < -0.3 is 20.3 Å². The van der Waals surface area contributed by atoms with Crippen LogP contribution in [0.2, 0.25) is 0 Å². The lowest BCUT2D eigenvalue weighted by atomic mass is 10.0. The Labute approximate surface area is 437 Å². The van der Waals surface area contributed by atoms with Crippen LogP contribution in [0.1, 0.15) is 348 Å². The molecule has 0 aliphatic heterocycles. The van der Waals surface area contributed by atoms with Gasteiger partial charge in [0.2, 0.25) is 5.91 Å². The quantitative estimate of drug-likeness (QED) is 0.0321. The molecule has 6 nitrogen and oxygen atoms in total. The van der Waals surface area contributed by atoms with Crippen LogP contribution in [0, 0.1) is 0 Å². The molecule has 0 saturated heterocycles. The van der Waals surface area contributed by atoms with Gasteiger partial charge in [0.15, 0.2) is 0 Å². The second-order valence-electron chi connectivity index (χ2n) is 21.7. The first-order valence-electron chi connectivity index (χ1n) is 31.6. The maximum atomic E-state index is 12.5. The van der Waals surface area contributed by atoms with Crippen molar-refractivity contribution >= 4 is 11.9 Å². The van der Waals surface area contributed by atoms with Gasteiger partial charge >= 0.3 is 5.97 Å². The van der Waals surface area contributed by atoms with Gasteiger partial charge in [-0.1, -0.05) is 282 Å². The van der Waals surface area contributed by atoms with Gasteiger partial charge in [0, 0.05) is 12.8 Å². The number of esters is 1. The highest BCUT2D eigenvalue weighted by Crippen LogP contribution is 2.17. The number of carbonyl (C=O) groups is 2. The highest BCUT2D eigenvalue weighted by molar-refractivity contribution is 5.76. The molecule has 0 aromatic heterocycles. The third-order valence-electron chi connectivity index (χ3n) is 14.7. The Morgan fingerprint density at radius 3 is 1.01 bits per heavy atom. The maximum absolute atomic E-state index is 12.5. The van der Waals surface area contributed by atoms with Gasteiger partial charge in [0.25, 0.3) is 0 Å². The van der Waals surface area contributed by atoms with Crippen LogP contribution >= 0.6 is 0 Å². The molecule has 0 bridgehead atoms. The molecule has 0 aliphatic rings. The molecule has 0 aliphatic carbocycles. The second kappa shape index (κ2) is 59.9. The van der Waals surface area contributed by atoms with Gasteiger partial charge in [-0.05, 0) is 77.0 Å². The Bertz CT molecular complexity index is 1090. The molecule has 0 rings (SSSR count). The number of amides is 1. The number of hydrogen-bond acceptors (Lipinski definition) is 5. The first kappa shape index (κ1) is 68.3. The summed E-state index contributed by atoms with van der Waals surface area (Å²) in [5, 5.41) is 23.3. The number of carbonyl (C=O) groups excluding carboxylic acids is 2. The van der Waals surface area contributed by atoms with Crippen LogP contribution in [0.15, 0.2) is 24.3 Å². The molecule has 0 spiro atoms. The topological polar surface area (TPSA) is 95.9 Å². The Morgan fingerprint density at radius 1 is 0.386 bits per heavy atom. The smallest absolute Gasteiger partial charge is 0.305 e. The van der Waals surface area contributed by atoms with Crippen LogP contribution < -0.4 is 5.32 Å². The van der Waals surface area contributed by atoms with Crippen molar-refractivity contribution in [3.63, 3.8) is 0 Å². The minimum absolute atomic E-state index is 0.00163. The molecule has 2 atom stereocenters. The molecule has 70 heavy (non-hydrogen) atoms. The van der Waals surface area contributed by atoms with E-state index in [1.54, 1.807) is 0 Å². The number of unbranched alkanes of at least 4 members (excludes halogenated alkanes) is 44. The SMILES string of the molecule is CCCCCCCCC/C=C\CCCCCCCCCC(=O)OCCCCCCCCCC/C=C\CCCCCCCCCC(=O)NC(CO)C(O)CCCCCCCCCCCCCCCCCC. The first-order chi connectivity index (χ1) is 34.5. The Balaban J connectivity index is 3.42.